The van der Waals surface area contributed by atoms with Gasteiger partial charge in [-0.25, -0.2) is 0 Å². The van der Waals surface area contributed by atoms with Crippen LogP contribution in [0.4, 0.5) is 0 Å². The molecular formula is C32H52O3. The molecule has 11 unspecified atom stereocenters. The Hall–Kier alpha value is -0.830. The van der Waals surface area contributed by atoms with E-state index in [4.69, 9.17) is 4.74 Å². The molecule has 0 bridgehead atoms. The standard InChI is InChI=1S/C32H52O3/c1-19(2)21-12-14-29(6)16-17-31(8)22(26(21)29)10-11-24-30(7)15-13-25(35-20(3)33)28(4,5)27(30)23(34)18-32(24,31)9/h21-27,34H,1,10-18H2,2-9H3. The number of hydrogen-bond donors (Lipinski definition) is 1. The Morgan fingerprint density at radius 3 is 2.20 bits per heavy atom. The number of allylic oxidation sites excluding steroid dienone is 1. The number of rotatable bonds is 2. The van der Waals surface area contributed by atoms with Gasteiger partial charge in [-0.3, -0.25) is 4.79 Å². The monoisotopic (exact) mass is 484 g/mol. The second-order valence-corrected chi connectivity index (χ2v) is 15.5. The number of esters is 1. The summed E-state index contributed by atoms with van der Waals surface area (Å²) in [6.45, 7) is 23.1. The van der Waals surface area contributed by atoms with Crippen LogP contribution in [-0.2, 0) is 9.53 Å². The van der Waals surface area contributed by atoms with E-state index in [1.807, 2.05) is 0 Å². The molecule has 0 heterocycles. The first-order valence-electron chi connectivity index (χ1n) is 14.6. The van der Waals surface area contributed by atoms with Gasteiger partial charge in [0.15, 0.2) is 0 Å². The molecule has 0 radical (unpaired) electrons. The number of hydrogen-bond acceptors (Lipinski definition) is 3. The van der Waals surface area contributed by atoms with Crippen LogP contribution >= 0.6 is 0 Å². The highest BCUT2D eigenvalue weighted by molar-refractivity contribution is 5.66. The van der Waals surface area contributed by atoms with Crippen LogP contribution in [0.25, 0.3) is 0 Å². The minimum atomic E-state index is -0.348. The third-order valence-electron chi connectivity index (χ3n) is 13.6. The Morgan fingerprint density at radius 1 is 0.886 bits per heavy atom. The number of aliphatic hydroxyl groups is 1. The molecule has 3 heteroatoms. The smallest absolute Gasteiger partial charge is 0.302 e. The van der Waals surface area contributed by atoms with E-state index >= 15 is 0 Å². The van der Waals surface area contributed by atoms with Crippen molar-refractivity contribution in [3.05, 3.63) is 12.2 Å². The summed E-state index contributed by atoms with van der Waals surface area (Å²) in [5.74, 6) is 2.72. The molecule has 198 valence electrons. The van der Waals surface area contributed by atoms with E-state index < -0.39 is 0 Å². The molecule has 0 aliphatic heterocycles. The van der Waals surface area contributed by atoms with E-state index in [9.17, 15) is 9.90 Å². The molecule has 0 saturated heterocycles. The van der Waals surface area contributed by atoms with Crippen molar-refractivity contribution in [3.63, 3.8) is 0 Å². The number of aliphatic hydroxyl groups excluding tert-OH is 1. The van der Waals surface area contributed by atoms with Crippen molar-refractivity contribution in [2.24, 2.45) is 56.7 Å². The second kappa shape index (κ2) is 7.84. The number of carbonyl (C=O) groups is 1. The Kier molecular flexibility index (Phi) is 5.78. The van der Waals surface area contributed by atoms with Crippen molar-refractivity contribution in [2.75, 3.05) is 0 Å². The zero-order chi connectivity index (χ0) is 25.8. The summed E-state index contributed by atoms with van der Waals surface area (Å²) < 4.78 is 5.85. The summed E-state index contributed by atoms with van der Waals surface area (Å²) in [6.07, 6.45) is 10.3. The largest absolute Gasteiger partial charge is 0.462 e. The van der Waals surface area contributed by atoms with Gasteiger partial charge >= 0.3 is 5.97 Å². The highest BCUT2D eigenvalue weighted by Gasteiger charge is 2.72. The van der Waals surface area contributed by atoms with Crippen molar-refractivity contribution in [1.29, 1.82) is 0 Å². The van der Waals surface area contributed by atoms with E-state index in [1.165, 1.54) is 51.0 Å². The lowest BCUT2D eigenvalue weighted by molar-refractivity contribution is -0.276. The summed E-state index contributed by atoms with van der Waals surface area (Å²) in [6, 6.07) is 0. The maximum atomic E-state index is 12.0. The van der Waals surface area contributed by atoms with Gasteiger partial charge in [0.1, 0.15) is 6.10 Å². The molecule has 1 N–H and O–H groups in total. The fraction of sp³-hybridized carbons (Fsp3) is 0.906. The lowest BCUT2D eigenvalue weighted by Gasteiger charge is -2.73. The second-order valence-electron chi connectivity index (χ2n) is 15.5. The van der Waals surface area contributed by atoms with Crippen LogP contribution in [0.2, 0.25) is 0 Å². The lowest BCUT2D eigenvalue weighted by atomic mass is 9.32. The zero-order valence-electron chi connectivity index (χ0n) is 23.9. The third-order valence-corrected chi connectivity index (χ3v) is 13.6. The Labute approximate surface area is 214 Å². The van der Waals surface area contributed by atoms with Gasteiger partial charge in [0, 0.05) is 12.3 Å². The van der Waals surface area contributed by atoms with Crippen LogP contribution in [0, 0.1) is 56.7 Å². The fourth-order valence-corrected chi connectivity index (χ4v) is 12.1. The number of fused-ring (bicyclic) bond motifs is 7. The van der Waals surface area contributed by atoms with Crippen LogP contribution in [0.5, 0.6) is 0 Å². The molecule has 0 aromatic rings. The average Bonchev–Trinajstić information content (AvgIpc) is 3.08. The molecule has 11 atom stereocenters. The topological polar surface area (TPSA) is 46.5 Å². The van der Waals surface area contributed by atoms with Gasteiger partial charge in [-0.05, 0) is 116 Å². The van der Waals surface area contributed by atoms with Crippen LogP contribution in [0.3, 0.4) is 0 Å². The highest BCUT2D eigenvalue weighted by Crippen LogP contribution is 2.77. The molecule has 5 aliphatic rings. The number of carbonyl (C=O) groups excluding carboxylic acids is 1. The van der Waals surface area contributed by atoms with Crippen molar-refractivity contribution in [3.8, 4) is 0 Å². The molecule has 5 aliphatic carbocycles. The van der Waals surface area contributed by atoms with Gasteiger partial charge in [0.2, 0.25) is 0 Å². The van der Waals surface area contributed by atoms with Crippen molar-refractivity contribution >= 4 is 5.97 Å². The maximum Gasteiger partial charge on any atom is 0.302 e. The SMILES string of the molecule is C=C(C)C1CCC2(C)CCC3(C)C(CCC4C5(C)CCC(OC(C)=O)C(C)(C)C5C(O)CC43C)C12. The van der Waals surface area contributed by atoms with Crippen LogP contribution in [-0.4, -0.2) is 23.3 Å². The first kappa shape index (κ1) is 25.8. The molecule has 0 aromatic heterocycles. The van der Waals surface area contributed by atoms with Crippen LogP contribution in [0.1, 0.15) is 113 Å². The van der Waals surface area contributed by atoms with Crippen LogP contribution in [0.15, 0.2) is 12.2 Å². The molecule has 0 spiro atoms. The molecule has 3 nitrogen and oxygen atoms in total. The normalized spacial score (nSPS) is 54.6. The highest BCUT2D eigenvalue weighted by atomic mass is 16.5. The quantitative estimate of drug-likeness (QED) is 0.325. The molecular weight excluding hydrogens is 432 g/mol. The molecule has 5 saturated carbocycles. The van der Waals surface area contributed by atoms with E-state index in [2.05, 4.69) is 55.0 Å². The molecule has 0 aromatic carbocycles. The first-order valence-corrected chi connectivity index (χ1v) is 14.6. The fourth-order valence-electron chi connectivity index (χ4n) is 12.1. The maximum absolute atomic E-state index is 12.0. The molecule has 0 amide bonds. The third kappa shape index (κ3) is 3.28. The predicted octanol–water partition coefficient (Wildman–Crippen LogP) is 7.57. The zero-order valence-corrected chi connectivity index (χ0v) is 23.9. The minimum absolute atomic E-state index is 0.0741. The molecule has 35 heavy (non-hydrogen) atoms. The van der Waals surface area contributed by atoms with Crippen molar-refractivity contribution in [1.82, 2.24) is 0 Å². The number of ether oxygens (including phenoxy) is 1. The molecule has 5 fully saturated rings. The summed E-state index contributed by atoms with van der Waals surface area (Å²) >= 11 is 0. The first-order chi connectivity index (χ1) is 16.1. The Morgan fingerprint density at radius 2 is 1.57 bits per heavy atom. The van der Waals surface area contributed by atoms with Gasteiger partial charge in [0.05, 0.1) is 6.10 Å². The summed E-state index contributed by atoms with van der Waals surface area (Å²) in [5, 5.41) is 12.0. The Bertz CT molecular complexity index is 906. The molecule has 5 rings (SSSR count). The van der Waals surface area contributed by atoms with Crippen molar-refractivity contribution < 1.29 is 14.6 Å². The van der Waals surface area contributed by atoms with Crippen molar-refractivity contribution in [2.45, 2.75) is 125 Å². The van der Waals surface area contributed by atoms with Gasteiger partial charge in [0.25, 0.3) is 0 Å². The Balaban J connectivity index is 1.54. The van der Waals surface area contributed by atoms with Gasteiger partial charge in [-0.15, -0.1) is 0 Å². The van der Waals surface area contributed by atoms with Gasteiger partial charge in [-0.2, -0.15) is 0 Å². The van der Waals surface area contributed by atoms with Crippen LogP contribution < -0.4 is 0 Å². The van der Waals surface area contributed by atoms with E-state index in [1.54, 1.807) is 0 Å². The van der Waals surface area contributed by atoms with E-state index in [0.717, 1.165) is 31.1 Å². The van der Waals surface area contributed by atoms with Gasteiger partial charge < -0.3 is 9.84 Å². The summed E-state index contributed by atoms with van der Waals surface area (Å²) in [4.78, 5) is 11.9. The summed E-state index contributed by atoms with van der Waals surface area (Å²) in [5.41, 5.74) is 2.10. The lowest BCUT2D eigenvalue weighted by Crippen LogP contribution is -2.69. The average molecular weight is 485 g/mol. The predicted molar refractivity (Wildman–Crippen MR) is 142 cm³/mol. The minimum Gasteiger partial charge on any atom is -0.462 e. The van der Waals surface area contributed by atoms with Gasteiger partial charge in [-0.1, -0.05) is 53.7 Å². The van der Waals surface area contributed by atoms with E-state index in [-0.39, 0.29) is 45.8 Å². The summed E-state index contributed by atoms with van der Waals surface area (Å²) in [7, 11) is 0. The van der Waals surface area contributed by atoms with E-state index in [0.29, 0.717) is 17.3 Å².